The van der Waals surface area contributed by atoms with Crippen LogP contribution in [-0.4, -0.2) is 87.4 Å². The maximum atomic E-state index is 12.9. The van der Waals surface area contributed by atoms with E-state index in [1.807, 2.05) is 21.1 Å². The Bertz CT molecular complexity index is 1230. The molecule has 0 aliphatic heterocycles. The Kier molecular flexibility index (Phi) is 50.0. The lowest BCUT2D eigenvalue weighted by Crippen LogP contribution is -2.40. The quantitative estimate of drug-likeness (QED) is 0.0211. The fourth-order valence-corrected chi connectivity index (χ4v) is 8.33. The molecule has 69 heavy (non-hydrogen) atoms. The zero-order valence-electron chi connectivity index (χ0n) is 46.0. The summed E-state index contributed by atoms with van der Waals surface area (Å²) in [6.45, 7) is 4.88. The van der Waals surface area contributed by atoms with E-state index in [0.29, 0.717) is 17.4 Å². The van der Waals surface area contributed by atoms with Crippen LogP contribution in [0.25, 0.3) is 0 Å². The van der Waals surface area contributed by atoms with Crippen molar-refractivity contribution in [3.8, 4) is 0 Å². The van der Waals surface area contributed by atoms with Gasteiger partial charge in [-0.3, -0.25) is 9.59 Å². The molecule has 1 N–H and O–H groups in total. The van der Waals surface area contributed by atoms with E-state index < -0.39 is 24.3 Å². The van der Waals surface area contributed by atoms with Crippen molar-refractivity contribution in [3.05, 3.63) is 36.5 Å². The number of allylic oxidation sites excluding steroid dienone is 6. The number of carbonyl (C=O) groups is 3. The molecule has 0 fully saturated rings. The molecule has 0 saturated heterocycles. The number of ether oxygens (including phenoxy) is 4. The number of rotatable bonds is 54. The van der Waals surface area contributed by atoms with Gasteiger partial charge in [0.15, 0.2) is 6.10 Å². The van der Waals surface area contributed by atoms with E-state index >= 15 is 0 Å². The van der Waals surface area contributed by atoms with Crippen molar-refractivity contribution in [2.75, 3.05) is 47.5 Å². The highest BCUT2D eigenvalue weighted by molar-refractivity contribution is 5.71. The van der Waals surface area contributed by atoms with Crippen LogP contribution in [0, 0.1) is 0 Å². The van der Waals surface area contributed by atoms with Crippen LogP contribution in [0.15, 0.2) is 36.5 Å². The topological polar surface area (TPSA) is 108 Å². The maximum Gasteiger partial charge on any atom is 0.361 e. The van der Waals surface area contributed by atoms with Crippen molar-refractivity contribution >= 4 is 17.9 Å². The Morgan fingerprint density at radius 3 is 1.16 bits per heavy atom. The van der Waals surface area contributed by atoms with E-state index in [9.17, 15) is 19.5 Å². The number of hydrogen-bond acceptors (Lipinski definition) is 7. The summed E-state index contributed by atoms with van der Waals surface area (Å²) in [6, 6.07) is 0. The van der Waals surface area contributed by atoms with E-state index in [1.165, 1.54) is 186 Å². The molecule has 0 rings (SSSR count). The molecule has 0 aromatic carbocycles. The molecule has 0 amide bonds. The first-order valence-electron chi connectivity index (χ1n) is 29.2. The standard InChI is InChI=1S/C60H111NO8/c1-6-8-10-12-14-16-18-20-22-23-24-25-26-27-28-29-30-31-32-33-34-35-37-39-41-43-45-47-49-51-58(63)69-56(55-68-60(59(64)65)66-53-52-61(3,4)5)54-67-57(62)50-48-46-44-42-40-38-36-21-19-17-15-13-11-9-7-2/h18,20-21,23-24,36,56,60H,6-17,19,22,25-35,37-55H2,1-5H3/p+1/b20-18-,24-23-,36-21-. The van der Waals surface area contributed by atoms with Gasteiger partial charge in [0.2, 0.25) is 0 Å². The average molecular weight is 976 g/mol. The second kappa shape index (κ2) is 51.9. The fourth-order valence-electron chi connectivity index (χ4n) is 8.33. The van der Waals surface area contributed by atoms with Crippen molar-refractivity contribution in [1.82, 2.24) is 0 Å². The third-order valence-corrected chi connectivity index (χ3v) is 12.9. The van der Waals surface area contributed by atoms with Gasteiger partial charge in [-0.15, -0.1) is 0 Å². The molecule has 0 aromatic heterocycles. The molecule has 9 nitrogen and oxygen atoms in total. The molecule has 0 saturated carbocycles. The van der Waals surface area contributed by atoms with Crippen molar-refractivity contribution in [1.29, 1.82) is 0 Å². The van der Waals surface area contributed by atoms with Gasteiger partial charge in [0.1, 0.15) is 13.2 Å². The number of aliphatic carboxylic acids is 1. The molecule has 0 radical (unpaired) electrons. The predicted octanol–water partition coefficient (Wildman–Crippen LogP) is 16.9. The fraction of sp³-hybridized carbons (Fsp3) is 0.850. The van der Waals surface area contributed by atoms with Crippen LogP contribution in [0.1, 0.15) is 271 Å². The molecule has 0 aromatic rings. The van der Waals surface area contributed by atoms with E-state index in [2.05, 4.69) is 50.3 Å². The SMILES string of the molecule is CCCCCCC/C=C\C/C=C\CCCCCCCCCCCCCCCCCCCC(=O)OC(COC(=O)CCCCCCC/C=C\CCCCCCCC)COC(OCC[N+](C)(C)C)C(=O)O. The van der Waals surface area contributed by atoms with Crippen molar-refractivity contribution < 1.29 is 42.9 Å². The molecule has 2 atom stereocenters. The van der Waals surface area contributed by atoms with Crippen LogP contribution >= 0.6 is 0 Å². The number of quaternary nitrogens is 1. The molecule has 404 valence electrons. The smallest absolute Gasteiger partial charge is 0.361 e. The average Bonchev–Trinajstić information content (AvgIpc) is 3.31. The van der Waals surface area contributed by atoms with E-state index in [4.69, 9.17) is 18.9 Å². The maximum absolute atomic E-state index is 12.9. The third-order valence-electron chi connectivity index (χ3n) is 12.9. The van der Waals surface area contributed by atoms with Gasteiger partial charge in [0, 0.05) is 12.8 Å². The van der Waals surface area contributed by atoms with Gasteiger partial charge in [0.25, 0.3) is 6.29 Å². The summed E-state index contributed by atoms with van der Waals surface area (Å²) in [6.07, 6.45) is 59.4. The summed E-state index contributed by atoms with van der Waals surface area (Å²) in [5.74, 6) is -2.00. The minimum absolute atomic E-state index is 0.183. The molecule has 9 heteroatoms. The lowest BCUT2D eigenvalue weighted by atomic mass is 10.0. The van der Waals surface area contributed by atoms with Crippen LogP contribution in [-0.2, 0) is 33.3 Å². The Hall–Kier alpha value is -2.49. The zero-order chi connectivity index (χ0) is 50.6. The number of nitrogens with zero attached hydrogens (tertiary/aromatic N) is 1. The van der Waals surface area contributed by atoms with E-state index in [1.54, 1.807) is 0 Å². The Morgan fingerprint density at radius 2 is 0.783 bits per heavy atom. The normalized spacial score (nSPS) is 13.0. The van der Waals surface area contributed by atoms with Crippen LogP contribution in [0.4, 0.5) is 0 Å². The van der Waals surface area contributed by atoms with Crippen LogP contribution in [0.3, 0.4) is 0 Å². The van der Waals surface area contributed by atoms with Crippen LogP contribution < -0.4 is 0 Å². The number of hydrogen-bond donors (Lipinski definition) is 1. The second-order valence-corrected chi connectivity index (χ2v) is 20.9. The number of carboxylic acids is 1. The van der Waals surface area contributed by atoms with Crippen molar-refractivity contribution in [2.45, 2.75) is 283 Å². The molecule has 0 heterocycles. The summed E-state index contributed by atoms with van der Waals surface area (Å²) in [7, 11) is 5.97. The van der Waals surface area contributed by atoms with Gasteiger partial charge in [-0.25, -0.2) is 4.79 Å². The monoisotopic (exact) mass is 975 g/mol. The molecular weight excluding hydrogens is 863 g/mol. The Morgan fingerprint density at radius 1 is 0.435 bits per heavy atom. The number of likely N-dealkylation sites (N-methyl/N-ethyl adjacent to an activating group) is 1. The highest BCUT2D eigenvalue weighted by atomic mass is 16.7. The number of esters is 2. The number of carbonyl (C=O) groups excluding carboxylic acids is 2. The van der Waals surface area contributed by atoms with Gasteiger partial charge in [-0.2, -0.15) is 0 Å². The van der Waals surface area contributed by atoms with Crippen molar-refractivity contribution in [3.63, 3.8) is 0 Å². The Labute approximate surface area is 426 Å². The minimum atomic E-state index is -1.51. The number of unbranched alkanes of at least 4 members (excludes halogenated alkanes) is 33. The second-order valence-electron chi connectivity index (χ2n) is 20.9. The molecule has 0 bridgehead atoms. The van der Waals surface area contributed by atoms with Gasteiger partial charge >= 0.3 is 17.9 Å². The summed E-state index contributed by atoms with van der Waals surface area (Å²) >= 11 is 0. The Balaban J connectivity index is 4.15. The third kappa shape index (κ3) is 53.1. The van der Waals surface area contributed by atoms with Gasteiger partial charge in [-0.05, 0) is 70.6 Å². The van der Waals surface area contributed by atoms with Gasteiger partial charge in [0.05, 0.1) is 34.4 Å². The van der Waals surface area contributed by atoms with Gasteiger partial charge < -0.3 is 28.5 Å². The minimum Gasteiger partial charge on any atom is -0.477 e. The predicted molar refractivity (Wildman–Crippen MR) is 291 cm³/mol. The highest BCUT2D eigenvalue weighted by Crippen LogP contribution is 2.16. The van der Waals surface area contributed by atoms with Gasteiger partial charge in [-0.1, -0.05) is 224 Å². The van der Waals surface area contributed by atoms with E-state index in [0.717, 1.165) is 57.8 Å². The molecule has 0 aliphatic carbocycles. The lowest BCUT2D eigenvalue weighted by Gasteiger charge is -2.25. The summed E-state index contributed by atoms with van der Waals surface area (Å²) in [5.41, 5.74) is 0. The number of carboxylic acid groups (broad SMARTS) is 1. The first-order chi connectivity index (χ1) is 33.6. The molecule has 2 unspecified atom stereocenters. The summed E-state index contributed by atoms with van der Waals surface area (Å²) in [4.78, 5) is 37.4. The van der Waals surface area contributed by atoms with E-state index in [-0.39, 0.29) is 32.2 Å². The highest BCUT2D eigenvalue weighted by Gasteiger charge is 2.25. The molecular formula is C60H112NO8+. The first kappa shape index (κ1) is 66.5. The molecule has 0 spiro atoms. The van der Waals surface area contributed by atoms with Crippen LogP contribution in [0.5, 0.6) is 0 Å². The summed E-state index contributed by atoms with van der Waals surface area (Å²) in [5, 5.41) is 9.69. The van der Waals surface area contributed by atoms with Crippen LogP contribution in [0.2, 0.25) is 0 Å². The molecule has 0 aliphatic rings. The largest absolute Gasteiger partial charge is 0.477 e. The zero-order valence-corrected chi connectivity index (χ0v) is 46.0. The summed E-state index contributed by atoms with van der Waals surface area (Å²) < 4.78 is 22.9. The lowest BCUT2D eigenvalue weighted by molar-refractivity contribution is -0.870. The first-order valence-corrected chi connectivity index (χ1v) is 29.2. The van der Waals surface area contributed by atoms with Crippen molar-refractivity contribution in [2.24, 2.45) is 0 Å².